The molecule has 1 aromatic heterocycles. The molecule has 0 unspecified atom stereocenters. The van der Waals surface area contributed by atoms with Gasteiger partial charge < -0.3 is 5.32 Å². The van der Waals surface area contributed by atoms with Gasteiger partial charge in [0, 0.05) is 17.3 Å². The van der Waals surface area contributed by atoms with Crippen molar-refractivity contribution < 1.29 is 0 Å². The summed E-state index contributed by atoms with van der Waals surface area (Å²) < 4.78 is 0. The lowest BCUT2D eigenvalue weighted by molar-refractivity contribution is 0.374. The highest BCUT2D eigenvalue weighted by atomic mass is 35.5. The van der Waals surface area contributed by atoms with Crippen molar-refractivity contribution in [2.45, 2.75) is 31.7 Å². The molecule has 98 valence electrons. The molecule has 1 saturated carbocycles. The lowest BCUT2D eigenvalue weighted by Gasteiger charge is -2.37. The van der Waals surface area contributed by atoms with E-state index < -0.39 is 0 Å². The smallest absolute Gasteiger partial charge is 0.0558 e. The summed E-state index contributed by atoms with van der Waals surface area (Å²) in [5.74, 6) is 0.633. The number of nitrogens with zero attached hydrogens (tertiary/aromatic N) is 1. The van der Waals surface area contributed by atoms with Crippen LogP contribution in [0.1, 0.15) is 29.9 Å². The van der Waals surface area contributed by atoms with E-state index in [-0.39, 0.29) is 0 Å². The van der Waals surface area contributed by atoms with Crippen molar-refractivity contribution in [1.29, 1.82) is 0 Å². The van der Waals surface area contributed by atoms with Crippen LogP contribution in [0.2, 0.25) is 5.02 Å². The van der Waals surface area contributed by atoms with Crippen molar-refractivity contribution in [3.8, 4) is 0 Å². The van der Waals surface area contributed by atoms with Crippen LogP contribution in [0, 0.1) is 6.92 Å². The minimum absolute atomic E-state index is 0.548. The first-order valence-electron chi connectivity index (χ1n) is 6.65. The van der Waals surface area contributed by atoms with Crippen molar-refractivity contribution in [3.05, 3.63) is 58.9 Å². The number of benzene rings is 1. The summed E-state index contributed by atoms with van der Waals surface area (Å²) in [6.07, 6.45) is 6.06. The molecule has 3 heteroatoms. The van der Waals surface area contributed by atoms with Gasteiger partial charge in [0.25, 0.3) is 0 Å². The van der Waals surface area contributed by atoms with Gasteiger partial charge in [-0.05, 0) is 55.0 Å². The maximum Gasteiger partial charge on any atom is 0.0558 e. The maximum atomic E-state index is 6.03. The molecule has 0 atom stereocenters. The maximum absolute atomic E-state index is 6.03. The molecule has 2 aromatic rings. The van der Waals surface area contributed by atoms with Crippen LogP contribution >= 0.6 is 11.6 Å². The third kappa shape index (κ3) is 2.74. The Bertz CT molecular complexity index is 576. The molecular weight excluding hydrogens is 256 g/mol. The molecule has 0 radical (unpaired) electrons. The van der Waals surface area contributed by atoms with Crippen molar-refractivity contribution in [3.63, 3.8) is 0 Å². The summed E-state index contributed by atoms with van der Waals surface area (Å²) in [5.41, 5.74) is 3.76. The number of nitrogens with one attached hydrogen (secondary N) is 1. The van der Waals surface area contributed by atoms with Gasteiger partial charge in [0.05, 0.1) is 11.9 Å². The van der Waals surface area contributed by atoms with Gasteiger partial charge in [-0.1, -0.05) is 23.7 Å². The zero-order valence-electron chi connectivity index (χ0n) is 10.9. The molecule has 0 saturated heterocycles. The van der Waals surface area contributed by atoms with Crippen LogP contribution < -0.4 is 5.32 Å². The molecule has 0 bridgehead atoms. The second-order valence-electron chi connectivity index (χ2n) is 5.26. The molecule has 1 aliphatic carbocycles. The predicted octanol–water partition coefficient (Wildman–Crippen LogP) is 4.40. The average Bonchev–Trinajstić information content (AvgIpc) is 2.35. The van der Waals surface area contributed by atoms with Crippen LogP contribution in [0.25, 0.3) is 0 Å². The number of halogens is 1. The van der Waals surface area contributed by atoms with E-state index in [2.05, 4.69) is 29.4 Å². The fourth-order valence-electron chi connectivity index (χ4n) is 2.60. The SMILES string of the molecule is Cc1ccncc1NC1CC(c2cccc(Cl)c2)C1. The van der Waals surface area contributed by atoms with Crippen molar-refractivity contribution >= 4 is 17.3 Å². The molecule has 2 nitrogen and oxygen atoms in total. The van der Waals surface area contributed by atoms with Crippen molar-refractivity contribution in [2.24, 2.45) is 0 Å². The number of hydrogen-bond acceptors (Lipinski definition) is 2. The fraction of sp³-hybridized carbons (Fsp3) is 0.312. The Morgan fingerprint density at radius 2 is 2.11 bits per heavy atom. The summed E-state index contributed by atoms with van der Waals surface area (Å²) in [5, 5.41) is 4.40. The predicted molar refractivity (Wildman–Crippen MR) is 79.8 cm³/mol. The van der Waals surface area contributed by atoms with Crippen LogP contribution in [0.15, 0.2) is 42.7 Å². The highest BCUT2D eigenvalue weighted by Gasteiger charge is 2.30. The Morgan fingerprint density at radius 3 is 2.84 bits per heavy atom. The van der Waals surface area contributed by atoms with Crippen LogP contribution in [0.5, 0.6) is 0 Å². The van der Waals surface area contributed by atoms with E-state index >= 15 is 0 Å². The van der Waals surface area contributed by atoms with Crippen LogP contribution in [0.4, 0.5) is 5.69 Å². The minimum Gasteiger partial charge on any atom is -0.381 e. The highest BCUT2D eigenvalue weighted by Crippen LogP contribution is 2.39. The highest BCUT2D eigenvalue weighted by molar-refractivity contribution is 6.30. The molecule has 3 rings (SSSR count). The van der Waals surface area contributed by atoms with Crippen molar-refractivity contribution in [1.82, 2.24) is 4.98 Å². The Balaban J connectivity index is 1.60. The first-order chi connectivity index (χ1) is 9.22. The van der Waals surface area contributed by atoms with E-state index in [0.29, 0.717) is 12.0 Å². The molecule has 0 amide bonds. The second-order valence-corrected chi connectivity index (χ2v) is 5.69. The molecule has 0 spiro atoms. The summed E-state index contributed by atoms with van der Waals surface area (Å²) in [4.78, 5) is 4.17. The summed E-state index contributed by atoms with van der Waals surface area (Å²) in [7, 11) is 0. The third-order valence-corrected chi connectivity index (χ3v) is 4.09. The number of hydrogen-bond donors (Lipinski definition) is 1. The molecule has 1 heterocycles. The number of rotatable bonds is 3. The van der Waals surface area contributed by atoms with Crippen LogP contribution in [-0.2, 0) is 0 Å². The molecule has 1 N–H and O–H groups in total. The van der Waals surface area contributed by atoms with Gasteiger partial charge in [0.15, 0.2) is 0 Å². The Morgan fingerprint density at radius 1 is 1.26 bits per heavy atom. The minimum atomic E-state index is 0.548. The van der Waals surface area contributed by atoms with Gasteiger partial charge in [-0.15, -0.1) is 0 Å². The summed E-state index contributed by atoms with van der Waals surface area (Å²) in [6.45, 7) is 2.11. The second kappa shape index (κ2) is 5.22. The average molecular weight is 273 g/mol. The Kier molecular flexibility index (Phi) is 3.43. The van der Waals surface area contributed by atoms with E-state index in [1.807, 2.05) is 30.6 Å². The number of aromatic nitrogens is 1. The van der Waals surface area contributed by atoms with Gasteiger partial charge in [-0.25, -0.2) is 0 Å². The lowest BCUT2D eigenvalue weighted by Crippen LogP contribution is -2.34. The largest absolute Gasteiger partial charge is 0.381 e. The van der Waals surface area contributed by atoms with Gasteiger partial charge in [0.1, 0.15) is 0 Å². The summed E-state index contributed by atoms with van der Waals surface area (Å²) >= 11 is 6.03. The number of anilines is 1. The first kappa shape index (κ1) is 12.5. The number of aryl methyl sites for hydroxylation is 1. The quantitative estimate of drug-likeness (QED) is 0.896. The molecule has 0 aliphatic heterocycles. The van der Waals surface area contributed by atoms with Gasteiger partial charge in [-0.3, -0.25) is 4.98 Å². The molecule has 1 aromatic carbocycles. The number of pyridine rings is 1. The fourth-order valence-corrected chi connectivity index (χ4v) is 2.80. The first-order valence-corrected chi connectivity index (χ1v) is 7.03. The lowest BCUT2D eigenvalue weighted by atomic mass is 9.76. The monoisotopic (exact) mass is 272 g/mol. The molecule has 1 fully saturated rings. The van der Waals surface area contributed by atoms with E-state index in [1.165, 1.54) is 11.1 Å². The Labute approximate surface area is 118 Å². The molecule has 19 heavy (non-hydrogen) atoms. The van der Waals surface area contributed by atoms with E-state index in [1.54, 1.807) is 0 Å². The zero-order chi connectivity index (χ0) is 13.2. The van der Waals surface area contributed by atoms with E-state index in [9.17, 15) is 0 Å². The summed E-state index contributed by atoms with van der Waals surface area (Å²) in [6, 6.07) is 10.8. The normalized spacial score (nSPS) is 21.8. The molecule has 1 aliphatic rings. The standard InChI is InChI=1S/C16H17ClN2/c1-11-5-6-18-10-16(11)19-15-8-13(9-15)12-3-2-4-14(17)7-12/h2-7,10,13,15,19H,8-9H2,1H3. The van der Waals surface area contributed by atoms with E-state index in [0.717, 1.165) is 23.6 Å². The van der Waals surface area contributed by atoms with Crippen LogP contribution in [0.3, 0.4) is 0 Å². The zero-order valence-corrected chi connectivity index (χ0v) is 11.7. The van der Waals surface area contributed by atoms with Crippen molar-refractivity contribution in [2.75, 3.05) is 5.32 Å². The molecular formula is C16H17ClN2. The van der Waals surface area contributed by atoms with Crippen LogP contribution in [-0.4, -0.2) is 11.0 Å². The van der Waals surface area contributed by atoms with Gasteiger partial charge in [0.2, 0.25) is 0 Å². The van der Waals surface area contributed by atoms with Gasteiger partial charge >= 0.3 is 0 Å². The van der Waals surface area contributed by atoms with Gasteiger partial charge in [-0.2, -0.15) is 0 Å². The van der Waals surface area contributed by atoms with E-state index in [4.69, 9.17) is 11.6 Å². The Hall–Kier alpha value is -1.54. The third-order valence-electron chi connectivity index (χ3n) is 3.86. The topological polar surface area (TPSA) is 24.9 Å².